The maximum Gasteiger partial charge on any atom is 0.332 e. The van der Waals surface area contributed by atoms with Crippen LogP contribution >= 0.6 is 11.3 Å². The number of aliphatic hydroxyl groups is 1. The quantitative estimate of drug-likeness (QED) is 0.309. The van der Waals surface area contributed by atoms with Gasteiger partial charge in [0.1, 0.15) is 33.5 Å². The summed E-state index contributed by atoms with van der Waals surface area (Å²) in [7, 11) is 1.48. The molecule has 1 amide bonds. The molecule has 6 rings (SSSR count). The number of hydrogen-bond acceptors (Lipinski definition) is 9. The molecule has 14 heteroatoms. The molecular formula is C29H33FN6O6S. The van der Waals surface area contributed by atoms with E-state index in [4.69, 9.17) is 9.47 Å². The Labute approximate surface area is 249 Å². The summed E-state index contributed by atoms with van der Waals surface area (Å²) in [4.78, 5) is 43.0. The molecule has 43 heavy (non-hydrogen) atoms. The Balaban J connectivity index is 1.55. The maximum absolute atomic E-state index is 14.6. The monoisotopic (exact) mass is 612 g/mol. The lowest BCUT2D eigenvalue weighted by atomic mass is 9.94. The summed E-state index contributed by atoms with van der Waals surface area (Å²) in [6.45, 7) is 2.14. The van der Waals surface area contributed by atoms with Crippen molar-refractivity contribution in [2.45, 2.75) is 76.3 Å². The van der Waals surface area contributed by atoms with Crippen molar-refractivity contribution < 1.29 is 23.8 Å². The first-order chi connectivity index (χ1) is 20.8. The molecule has 4 aromatic rings. The predicted molar refractivity (Wildman–Crippen MR) is 156 cm³/mol. The van der Waals surface area contributed by atoms with Crippen molar-refractivity contribution in [2.24, 2.45) is 0 Å². The Kier molecular flexibility index (Phi) is 8.16. The number of nitrogens with zero attached hydrogens (tertiary/aromatic N) is 5. The van der Waals surface area contributed by atoms with Crippen LogP contribution in [0.4, 0.5) is 4.39 Å². The van der Waals surface area contributed by atoms with E-state index in [2.05, 4.69) is 15.5 Å². The van der Waals surface area contributed by atoms with Crippen LogP contribution in [0.2, 0.25) is 0 Å². The molecule has 4 heterocycles. The van der Waals surface area contributed by atoms with Crippen LogP contribution in [0.3, 0.4) is 0 Å². The molecule has 0 spiro atoms. The van der Waals surface area contributed by atoms with Crippen LogP contribution in [0.25, 0.3) is 15.2 Å². The smallest absolute Gasteiger partial charge is 0.332 e. The van der Waals surface area contributed by atoms with E-state index in [1.807, 2.05) is 0 Å². The number of aromatic nitrogens is 5. The number of thiophene rings is 1. The number of carbonyl (C=O) groups is 1. The molecule has 228 valence electrons. The number of ether oxygens (including phenoxy) is 2. The third-order valence-corrected chi connectivity index (χ3v) is 9.55. The van der Waals surface area contributed by atoms with E-state index >= 15 is 0 Å². The molecule has 1 aliphatic carbocycles. The molecule has 12 nitrogen and oxygen atoms in total. The molecule has 2 N–H and O–H groups in total. The predicted octanol–water partition coefficient (Wildman–Crippen LogP) is 2.77. The number of aliphatic hydroxyl groups excluding tert-OH is 1. The summed E-state index contributed by atoms with van der Waals surface area (Å²) < 4.78 is 29.3. The molecule has 2 fully saturated rings. The number of benzene rings is 1. The Morgan fingerprint density at radius 2 is 1.88 bits per heavy atom. The third kappa shape index (κ3) is 5.50. The highest BCUT2D eigenvalue weighted by Gasteiger charge is 2.33. The fourth-order valence-corrected chi connectivity index (χ4v) is 7.27. The summed E-state index contributed by atoms with van der Waals surface area (Å²) in [6, 6.07) is 3.15. The lowest BCUT2D eigenvalue weighted by Crippen LogP contribution is -2.49. The molecular weight excluding hydrogens is 579 g/mol. The SMILES string of the molecule is COc1ccc(F)cc1[C@H](Cn1c(=O)n([C@@H]2CCCNC2=O)c(=O)c2c(C)c(-n3nccn3)sc21)OC1CCC(O)CC1. The highest BCUT2D eigenvalue weighted by molar-refractivity contribution is 7.21. The van der Waals surface area contributed by atoms with E-state index in [1.165, 1.54) is 58.4 Å². The Bertz CT molecular complexity index is 1760. The summed E-state index contributed by atoms with van der Waals surface area (Å²) in [5.41, 5.74) is -0.248. The Morgan fingerprint density at radius 1 is 1.14 bits per heavy atom. The number of aryl methyl sites for hydroxylation is 1. The first-order valence-corrected chi connectivity index (χ1v) is 15.2. The number of nitrogens with one attached hydrogen (secondary N) is 1. The number of methoxy groups -OCH3 is 1. The lowest BCUT2D eigenvalue weighted by molar-refractivity contribution is -0.126. The van der Waals surface area contributed by atoms with Gasteiger partial charge in [-0.2, -0.15) is 10.2 Å². The number of amides is 1. The molecule has 3 aromatic heterocycles. The molecule has 0 unspecified atom stereocenters. The van der Waals surface area contributed by atoms with Crippen LogP contribution in [-0.2, 0) is 16.1 Å². The Morgan fingerprint density at radius 3 is 2.58 bits per heavy atom. The first-order valence-electron chi connectivity index (χ1n) is 14.4. The number of piperidine rings is 1. The van der Waals surface area contributed by atoms with Crippen molar-refractivity contribution in [3.8, 4) is 10.8 Å². The topological polar surface area (TPSA) is 142 Å². The van der Waals surface area contributed by atoms with Gasteiger partial charge < -0.3 is 19.9 Å². The molecule has 0 radical (unpaired) electrons. The summed E-state index contributed by atoms with van der Waals surface area (Å²) in [5, 5.41) is 22.1. The largest absolute Gasteiger partial charge is 0.496 e. The second-order valence-corrected chi connectivity index (χ2v) is 12.0. The maximum atomic E-state index is 14.6. The van der Waals surface area contributed by atoms with Crippen molar-refractivity contribution >= 4 is 27.5 Å². The summed E-state index contributed by atoms with van der Waals surface area (Å²) >= 11 is 1.18. The van der Waals surface area contributed by atoms with Gasteiger partial charge in [-0.15, -0.1) is 4.80 Å². The molecule has 2 aliphatic rings. The average molecular weight is 613 g/mol. The number of carbonyl (C=O) groups excluding carboxylic acids is 1. The van der Waals surface area contributed by atoms with Crippen LogP contribution in [0.5, 0.6) is 5.75 Å². The fraction of sp³-hybridized carbons (Fsp3) is 0.483. The van der Waals surface area contributed by atoms with Gasteiger partial charge in [0, 0.05) is 17.7 Å². The molecule has 2 atom stereocenters. The molecule has 0 bridgehead atoms. The zero-order valence-electron chi connectivity index (χ0n) is 23.9. The van der Waals surface area contributed by atoms with Gasteiger partial charge in [-0.3, -0.25) is 14.2 Å². The van der Waals surface area contributed by atoms with Gasteiger partial charge in [-0.1, -0.05) is 11.3 Å². The standard InChI is InChI=1S/C29H33FN6O6S/c1-16-24-26(39)35(21-4-3-11-31-25(21)38)29(40)34(28(24)43-27(16)36-32-12-13-33-36)15-23(42-19-8-6-18(37)7-9-19)20-14-17(30)5-10-22(20)41-2/h5,10,12-14,18-19,21,23,37H,3-4,6-9,11,15H2,1-2H3,(H,31,38)/t18?,19?,21-,23+/m1/s1. The van der Waals surface area contributed by atoms with Crippen molar-refractivity contribution in [1.82, 2.24) is 29.4 Å². The third-order valence-electron chi connectivity index (χ3n) is 8.27. The van der Waals surface area contributed by atoms with Gasteiger partial charge in [-0.25, -0.2) is 13.8 Å². The van der Waals surface area contributed by atoms with Gasteiger partial charge in [0.15, 0.2) is 0 Å². The van der Waals surface area contributed by atoms with E-state index in [1.54, 1.807) is 6.92 Å². The number of halogens is 1. The summed E-state index contributed by atoms with van der Waals surface area (Å²) in [6.07, 6.45) is 4.79. The average Bonchev–Trinajstić information content (AvgIpc) is 3.65. The van der Waals surface area contributed by atoms with Crippen LogP contribution in [0.15, 0.2) is 40.2 Å². The first kappa shape index (κ1) is 29.2. The van der Waals surface area contributed by atoms with E-state index in [0.29, 0.717) is 71.8 Å². The second-order valence-electron chi connectivity index (χ2n) is 11.0. The zero-order chi connectivity index (χ0) is 30.2. The van der Waals surface area contributed by atoms with E-state index in [9.17, 15) is 23.9 Å². The molecule has 1 saturated heterocycles. The van der Waals surface area contributed by atoms with Gasteiger partial charge in [-0.05, 0) is 63.6 Å². The highest BCUT2D eigenvalue weighted by Crippen LogP contribution is 2.36. The minimum Gasteiger partial charge on any atom is -0.496 e. The number of fused-ring (bicyclic) bond motifs is 1. The highest BCUT2D eigenvalue weighted by atomic mass is 32.1. The van der Waals surface area contributed by atoms with E-state index < -0.39 is 41.2 Å². The van der Waals surface area contributed by atoms with Crippen molar-refractivity contribution in [1.29, 1.82) is 0 Å². The van der Waals surface area contributed by atoms with Gasteiger partial charge in [0.25, 0.3) is 5.56 Å². The normalized spacial score (nSPS) is 21.6. The van der Waals surface area contributed by atoms with Gasteiger partial charge >= 0.3 is 5.69 Å². The second kappa shape index (κ2) is 12.0. The molecule has 1 aliphatic heterocycles. The van der Waals surface area contributed by atoms with Crippen molar-refractivity contribution in [3.63, 3.8) is 0 Å². The molecule has 1 aromatic carbocycles. The van der Waals surface area contributed by atoms with Gasteiger partial charge in [0.2, 0.25) is 5.91 Å². The van der Waals surface area contributed by atoms with Crippen LogP contribution in [-0.4, -0.2) is 61.0 Å². The van der Waals surface area contributed by atoms with Crippen LogP contribution in [0, 0.1) is 12.7 Å². The van der Waals surface area contributed by atoms with Crippen molar-refractivity contribution in [3.05, 3.63) is 68.4 Å². The van der Waals surface area contributed by atoms with Crippen molar-refractivity contribution in [2.75, 3.05) is 13.7 Å². The minimum absolute atomic E-state index is 0.0885. The fourth-order valence-electron chi connectivity index (χ4n) is 6.05. The minimum atomic E-state index is -0.974. The van der Waals surface area contributed by atoms with Crippen LogP contribution < -0.4 is 21.3 Å². The zero-order valence-corrected chi connectivity index (χ0v) is 24.7. The van der Waals surface area contributed by atoms with E-state index in [-0.39, 0.29) is 18.0 Å². The Hall–Kier alpha value is -3.88. The molecule has 1 saturated carbocycles. The van der Waals surface area contributed by atoms with E-state index in [0.717, 1.165) is 4.57 Å². The number of hydrogen-bond donors (Lipinski definition) is 2. The number of rotatable bonds is 8. The lowest BCUT2D eigenvalue weighted by Gasteiger charge is -2.31. The van der Waals surface area contributed by atoms with Gasteiger partial charge in [0.05, 0.1) is 43.6 Å². The van der Waals surface area contributed by atoms with Crippen LogP contribution in [0.1, 0.15) is 61.8 Å². The summed E-state index contributed by atoms with van der Waals surface area (Å²) in [5.74, 6) is -0.502.